The van der Waals surface area contributed by atoms with Crippen LogP contribution in [-0.2, 0) is 16.1 Å². The number of hydrogen-bond acceptors (Lipinski definition) is 8. The van der Waals surface area contributed by atoms with Crippen LogP contribution in [0.25, 0.3) is 6.08 Å². The monoisotopic (exact) mass is 702 g/mol. The van der Waals surface area contributed by atoms with E-state index >= 15 is 0 Å². The largest absolute Gasteiger partial charge is 0.496 e. The van der Waals surface area contributed by atoms with Crippen molar-refractivity contribution in [2.75, 3.05) is 21.3 Å². The van der Waals surface area contributed by atoms with E-state index in [1.54, 1.807) is 43.3 Å². The van der Waals surface area contributed by atoms with Crippen LogP contribution in [0.2, 0.25) is 10.0 Å². The lowest BCUT2D eigenvalue weighted by Gasteiger charge is -2.25. The Morgan fingerprint density at radius 1 is 1.07 bits per heavy atom. The van der Waals surface area contributed by atoms with Crippen LogP contribution in [0, 0.1) is 0 Å². The van der Waals surface area contributed by atoms with Crippen molar-refractivity contribution in [2.24, 2.45) is 4.99 Å². The van der Waals surface area contributed by atoms with E-state index in [2.05, 4.69) is 20.9 Å². The minimum atomic E-state index is -0.874. The van der Waals surface area contributed by atoms with Gasteiger partial charge >= 0.3 is 5.97 Å². The van der Waals surface area contributed by atoms with E-state index in [4.69, 9.17) is 42.1 Å². The fourth-order valence-corrected chi connectivity index (χ4v) is 6.78. The van der Waals surface area contributed by atoms with Crippen molar-refractivity contribution in [1.82, 2.24) is 4.57 Å². The van der Waals surface area contributed by atoms with Crippen LogP contribution in [0.1, 0.15) is 29.7 Å². The fourth-order valence-electron chi connectivity index (χ4n) is 4.79. The summed E-state index contributed by atoms with van der Waals surface area (Å²) in [5.74, 6) is 0.808. The molecule has 5 rings (SSSR count). The lowest BCUT2D eigenvalue weighted by atomic mass is 9.95. The summed E-state index contributed by atoms with van der Waals surface area (Å²) in [4.78, 5) is 32.0. The maximum Gasteiger partial charge on any atom is 0.338 e. The van der Waals surface area contributed by atoms with E-state index in [9.17, 15) is 9.59 Å². The minimum absolute atomic E-state index is 0.214. The van der Waals surface area contributed by atoms with Gasteiger partial charge in [-0.1, -0.05) is 52.7 Å². The Morgan fingerprint density at radius 2 is 1.81 bits per heavy atom. The lowest BCUT2D eigenvalue weighted by molar-refractivity contribution is -0.136. The van der Waals surface area contributed by atoms with Crippen LogP contribution >= 0.6 is 50.5 Å². The summed E-state index contributed by atoms with van der Waals surface area (Å²) in [7, 11) is 4.34. The predicted molar refractivity (Wildman–Crippen MR) is 170 cm³/mol. The van der Waals surface area contributed by atoms with Crippen molar-refractivity contribution in [3.8, 4) is 17.2 Å². The highest BCUT2D eigenvalue weighted by Crippen LogP contribution is 2.39. The van der Waals surface area contributed by atoms with Gasteiger partial charge in [-0.25, -0.2) is 9.79 Å². The Balaban J connectivity index is 1.62. The molecule has 12 heteroatoms. The standard InChI is InChI=1S/C31H25BrCl2N2O6S/c1-16-26(30(38)41-4)27(20-14-19(33)9-10-23(20)39-2)36-29(37)25(43-31(36)35-16)13-17-11-21(32)28(24(12-17)40-3)42-15-18-7-5-6-8-22(18)34/h5-14,27H,15H2,1-4H3/b25-13-/t27-/m0/s1. The second kappa shape index (κ2) is 13.0. The number of methoxy groups -OCH3 is 3. The number of hydrogen-bond donors (Lipinski definition) is 0. The molecule has 4 aromatic rings. The van der Waals surface area contributed by atoms with E-state index in [1.807, 2.05) is 24.3 Å². The van der Waals surface area contributed by atoms with E-state index in [1.165, 1.54) is 37.2 Å². The summed E-state index contributed by atoms with van der Waals surface area (Å²) in [5, 5.41) is 1.02. The normalized spacial score (nSPS) is 14.7. The van der Waals surface area contributed by atoms with Gasteiger partial charge in [-0.15, -0.1) is 0 Å². The number of esters is 1. The lowest BCUT2D eigenvalue weighted by Crippen LogP contribution is -2.40. The average molecular weight is 704 g/mol. The Bertz CT molecular complexity index is 1950. The van der Waals surface area contributed by atoms with E-state index in [0.717, 1.165) is 5.56 Å². The van der Waals surface area contributed by atoms with Crippen molar-refractivity contribution in [3.05, 3.63) is 117 Å². The number of carbonyl (C=O) groups is 1. The zero-order chi connectivity index (χ0) is 30.8. The number of carbonyl (C=O) groups excluding carboxylic acids is 1. The molecule has 0 radical (unpaired) electrons. The molecule has 0 unspecified atom stereocenters. The van der Waals surface area contributed by atoms with Gasteiger partial charge in [0.25, 0.3) is 5.56 Å². The number of ether oxygens (including phenoxy) is 4. The molecule has 1 atom stereocenters. The maximum absolute atomic E-state index is 14.0. The molecule has 0 amide bonds. The maximum atomic E-state index is 14.0. The van der Waals surface area contributed by atoms with Gasteiger partial charge in [0.05, 0.1) is 41.6 Å². The molecule has 222 valence electrons. The molecule has 0 aliphatic carbocycles. The summed E-state index contributed by atoms with van der Waals surface area (Å²) < 4.78 is 24.8. The minimum Gasteiger partial charge on any atom is -0.496 e. The number of fused-ring (bicyclic) bond motifs is 1. The first-order valence-electron chi connectivity index (χ1n) is 12.8. The fraction of sp³-hybridized carbons (Fsp3) is 0.194. The van der Waals surface area contributed by atoms with Gasteiger partial charge in [-0.05, 0) is 70.9 Å². The molecule has 1 aliphatic rings. The Hall–Kier alpha value is -3.57. The highest BCUT2D eigenvalue weighted by molar-refractivity contribution is 9.10. The summed E-state index contributed by atoms with van der Waals surface area (Å²) in [6, 6.07) is 15.2. The van der Waals surface area contributed by atoms with Gasteiger partial charge in [0.15, 0.2) is 16.3 Å². The third-order valence-electron chi connectivity index (χ3n) is 6.79. The van der Waals surface area contributed by atoms with Gasteiger partial charge in [0.1, 0.15) is 18.4 Å². The molecule has 0 saturated carbocycles. The average Bonchev–Trinajstić information content (AvgIpc) is 3.29. The van der Waals surface area contributed by atoms with Crippen molar-refractivity contribution >= 4 is 62.5 Å². The second-order valence-corrected chi connectivity index (χ2v) is 12.1. The predicted octanol–water partition coefficient (Wildman–Crippen LogP) is 6.07. The van der Waals surface area contributed by atoms with Gasteiger partial charge in [0.2, 0.25) is 0 Å². The second-order valence-electron chi connectivity index (χ2n) is 9.37. The number of thiazole rings is 1. The highest BCUT2D eigenvalue weighted by atomic mass is 79.9. The zero-order valence-corrected chi connectivity index (χ0v) is 27.4. The SMILES string of the molecule is COC(=O)C1=C(C)N=c2s/c(=C\c3cc(Br)c(OCc4ccccc4Cl)c(OC)c3)c(=O)n2[C@H]1c1cc(Cl)ccc1OC. The van der Waals surface area contributed by atoms with Crippen LogP contribution in [0.5, 0.6) is 17.2 Å². The van der Waals surface area contributed by atoms with Crippen LogP contribution in [0.4, 0.5) is 0 Å². The first-order chi connectivity index (χ1) is 20.7. The highest BCUT2D eigenvalue weighted by Gasteiger charge is 2.35. The van der Waals surface area contributed by atoms with Crippen molar-refractivity contribution in [2.45, 2.75) is 19.6 Å². The molecule has 0 fully saturated rings. The third kappa shape index (κ3) is 6.10. The molecule has 1 aromatic heterocycles. The quantitative estimate of drug-likeness (QED) is 0.207. The van der Waals surface area contributed by atoms with Gasteiger partial charge in [-0.2, -0.15) is 0 Å². The molecular weight excluding hydrogens is 679 g/mol. The molecule has 43 heavy (non-hydrogen) atoms. The first kappa shape index (κ1) is 30.9. The summed E-state index contributed by atoms with van der Waals surface area (Å²) in [6.07, 6.45) is 1.73. The van der Waals surface area contributed by atoms with Crippen molar-refractivity contribution in [1.29, 1.82) is 0 Å². The van der Waals surface area contributed by atoms with Crippen LogP contribution in [0.15, 0.2) is 80.1 Å². The molecule has 0 spiro atoms. The molecule has 0 bridgehead atoms. The summed E-state index contributed by atoms with van der Waals surface area (Å²) in [5.41, 5.74) is 2.33. The summed E-state index contributed by atoms with van der Waals surface area (Å²) >= 11 is 17.4. The molecule has 2 heterocycles. The Morgan fingerprint density at radius 3 is 2.51 bits per heavy atom. The molecule has 3 aromatic carbocycles. The van der Waals surface area contributed by atoms with E-state index in [0.29, 0.717) is 57.9 Å². The Labute approximate surface area is 269 Å². The molecule has 0 N–H and O–H groups in total. The smallest absolute Gasteiger partial charge is 0.338 e. The van der Waals surface area contributed by atoms with Gasteiger partial charge in [-0.3, -0.25) is 9.36 Å². The molecule has 1 aliphatic heterocycles. The zero-order valence-electron chi connectivity index (χ0n) is 23.4. The molecular formula is C31H25BrCl2N2O6S. The number of nitrogens with zero attached hydrogens (tertiary/aromatic N) is 2. The summed E-state index contributed by atoms with van der Waals surface area (Å²) in [6.45, 7) is 1.94. The van der Waals surface area contributed by atoms with Crippen molar-refractivity contribution in [3.63, 3.8) is 0 Å². The number of allylic oxidation sites excluding steroid dienone is 1. The Kier molecular flexibility index (Phi) is 9.31. The molecule has 0 saturated heterocycles. The number of benzene rings is 3. The topological polar surface area (TPSA) is 88.4 Å². The van der Waals surface area contributed by atoms with Crippen LogP contribution in [0.3, 0.4) is 0 Å². The van der Waals surface area contributed by atoms with Gasteiger partial charge < -0.3 is 18.9 Å². The number of halogens is 3. The van der Waals surface area contributed by atoms with E-state index < -0.39 is 12.0 Å². The van der Waals surface area contributed by atoms with E-state index in [-0.39, 0.29) is 17.7 Å². The van der Waals surface area contributed by atoms with Crippen LogP contribution in [-0.4, -0.2) is 31.9 Å². The van der Waals surface area contributed by atoms with Crippen molar-refractivity contribution < 1.29 is 23.7 Å². The third-order valence-corrected chi connectivity index (χ3v) is 8.97. The first-order valence-corrected chi connectivity index (χ1v) is 15.2. The molecule has 8 nitrogen and oxygen atoms in total. The van der Waals surface area contributed by atoms with Crippen LogP contribution < -0.4 is 29.1 Å². The number of aromatic nitrogens is 1. The van der Waals surface area contributed by atoms with Gasteiger partial charge in [0, 0.05) is 21.2 Å². The number of rotatable bonds is 8.